The normalized spacial score (nSPS) is 15.3. The van der Waals surface area contributed by atoms with Crippen LogP contribution in [0.3, 0.4) is 0 Å². The van der Waals surface area contributed by atoms with Crippen LogP contribution in [0.25, 0.3) is 22.6 Å². The molecule has 7 heteroatoms. The Morgan fingerprint density at radius 1 is 0.862 bits per heavy atom. The van der Waals surface area contributed by atoms with Crippen LogP contribution in [-0.2, 0) is 6.18 Å². The van der Waals surface area contributed by atoms with Gasteiger partial charge in [0.2, 0.25) is 0 Å². The lowest BCUT2D eigenvalue weighted by molar-refractivity contribution is -0.137. The molecule has 1 fully saturated rings. The SMILES string of the molecule is FC(F)(F)c1cccc(-c2cc(NC3CCCCC3)nc(-c3ccncc3)n2)c1. The van der Waals surface area contributed by atoms with Gasteiger partial charge in [0.15, 0.2) is 5.82 Å². The first-order valence-corrected chi connectivity index (χ1v) is 9.73. The van der Waals surface area contributed by atoms with Gasteiger partial charge in [0.1, 0.15) is 5.82 Å². The second kappa shape index (κ2) is 8.19. The molecule has 0 unspecified atom stereocenters. The van der Waals surface area contributed by atoms with Crippen molar-refractivity contribution in [2.45, 2.75) is 44.3 Å². The van der Waals surface area contributed by atoms with Gasteiger partial charge < -0.3 is 5.32 Å². The van der Waals surface area contributed by atoms with Gasteiger partial charge in [-0.1, -0.05) is 31.4 Å². The van der Waals surface area contributed by atoms with Crippen LogP contribution in [0.4, 0.5) is 19.0 Å². The van der Waals surface area contributed by atoms with E-state index in [1.165, 1.54) is 25.3 Å². The molecule has 1 aliphatic carbocycles. The summed E-state index contributed by atoms with van der Waals surface area (Å²) in [6, 6.07) is 10.9. The molecule has 1 saturated carbocycles. The average Bonchev–Trinajstić information content (AvgIpc) is 2.74. The lowest BCUT2D eigenvalue weighted by atomic mass is 9.95. The fraction of sp³-hybridized carbons (Fsp3) is 0.318. The Labute approximate surface area is 167 Å². The number of anilines is 1. The quantitative estimate of drug-likeness (QED) is 0.588. The molecule has 0 amide bonds. The van der Waals surface area contributed by atoms with Crippen molar-refractivity contribution < 1.29 is 13.2 Å². The van der Waals surface area contributed by atoms with Crippen LogP contribution in [0, 0.1) is 0 Å². The van der Waals surface area contributed by atoms with E-state index in [9.17, 15) is 13.2 Å². The van der Waals surface area contributed by atoms with Crippen molar-refractivity contribution in [2.75, 3.05) is 5.32 Å². The maximum Gasteiger partial charge on any atom is 0.416 e. The van der Waals surface area contributed by atoms with Crippen molar-refractivity contribution in [1.29, 1.82) is 0 Å². The molecule has 0 radical (unpaired) electrons. The third-order valence-electron chi connectivity index (χ3n) is 5.11. The van der Waals surface area contributed by atoms with Crippen LogP contribution in [0.2, 0.25) is 0 Å². The first-order valence-electron chi connectivity index (χ1n) is 9.73. The van der Waals surface area contributed by atoms with E-state index in [1.807, 2.05) is 0 Å². The fourth-order valence-corrected chi connectivity index (χ4v) is 3.61. The second-order valence-electron chi connectivity index (χ2n) is 7.26. The number of nitrogens with zero attached hydrogens (tertiary/aromatic N) is 3. The number of nitrogens with one attached hydrogen (secondary N) is 1. The lowest BCUT2D eigenvalue weighted by Crippen LogP contribution is -2.23. The third kappa shape index (κ3) is 4.72. The van der Waals surface area contributed by atoms with Crippen molar-refractivity contribution in [3.8, 4) is 22.6 Å². The number of aromatic nitrogens is 3. The van der Waals surface area contributed by atoms with Crippen molar-refractivity contribution >= 4 is 5.82 Å². The lowest BCUT2D eigenvalue weighted by Gasteiger charge is -2.23. The third-order valence-corrected chi connectivity index (χ3v) is 5.11. The molecule has 29 heavy (non-hydrogen) atoms. The van der Waals surface area contributed by atoms with Crippen LogP contribution in [0.1, 0.15) is 37.7 Å². The van der Waals surface area contributed by atoms with Gasteiger partial charge in [-0.05, 0) is 37.1 Å². The molecular formula is C22H21F3N4. The van der Waals surface area contributed by atoms with E-state index >= 15 is 0 Å². The van der Waals surface area contributed by atoms with E-state index in [1.54, 1.807) is 36.7 Å². The van der Waals surface area contributed by atoms with Crippen molar-refractivity contribution in [3.05, 3.63) is 60.4 Å². The highest BCUT2D eigenvalue weighted by Gasteiger charge is 2.30. The molecule has 0 bridgehead atoms. The van der Waals surface area contributed by atoms with Crippen molar-refractivity contribution in [2.24, 2.45) is 0 Å². The van der Waals surface area contributed by atoms with Crippen molar-refractivity contribution in [3.63, 3.8) is 0 Å². The first kappa shape index (κ1) is 19.4. The molecule has 1 N–H and O–H groups in total. The van der Waals surface area contributed by atoms with E-state index < -0.39 is 11.7 Å². The second-order valence-corrected chi connectivity index (χ2v) is 7.26. The highest BCUT2D eigenvalue weighted by molar-refractivity contribution is 5.68. The van der Waals surface area contributed by atoms with Gasteiger partial charge in [-0.2, -0.15) is 13.2 Å². The maximum atomic E-state index is 13.2. The molecule has 4 nitrogen and oxygen atoms in total. The molecule has 0 aliphatic heterocycles. The Kier molecular flexibility index (Phi) is 5.47. The fourth-order valence-electron chi connectivity index (χ4n) is 3.61. The number of alkyl halides is 3. The number of pyridine rings is 1. The molecule has 2 aromatic heterocycles. The minimum Gasteiger partial charge on any atom is -0.367 e. The van der Waals surface area contributed by atoms with E-state index in [-0.39, 0.29) is 0 Å². The zero-order valence-electron chi connectivity index (χ0n) is 15.8. The maximum absolute atomic E-state index is 13.2. The van der Waals surface area contributed by atoms with Crippen LogP contribution in [0.15, 0.2) is 54.9 Å². The summed E-state index contributed by atoms with van der Waals surface area (Å²) in [7, 11) is 0. The van der Waals surface area contributed by atoms with Crippen LogP contribution in [0.5, 0.6) is 0 Å². The van der Waals surface area contributed by atoms with Crippen LogP contribution in [-0.4, -0.2) is 21.0 Å². The molecule has 1 aliphatic rings. The summed E-state index contributed by atoms with van der Waals surface area (Å²) < 4.78 is 39.5. The molecular weight excluding hydrogens is 377 g/mol. The Morgan fingerprint density at radius 2 is 1.62 bits per heavy atom. The Hall–Kier alpha value is -2.96. The standard InChI is InChI=1S/C22H21F3N4/c23-22(24,25)17-6-4-5-16(13-17)19-14-20(27-18-7-2-1-3-8-18)29-21(28-19)15-9-11-26-12-10-15/h4-6,9-14,18H,1-3,7-8H2,(H,27,28,29). The van der Waals surface area contributed by atoms with Gasteiger partial charge in [-0.15, -0.1) is 0 Å². The largest absolute Gasteiger partial charge is 0.416 e. The summed E-state index contributed by atoms with van der Waals surface area (Å²) in [4.78, 5) is 13.2. The van der Waals surface area contributed by atoms with E-state index in [0.29, 0.717) is 28.9 Å². The van der Waals surface area contributed by atoms with Gasteiger partial charge >= 0.3 is 6.18 Å². The average molecular weight is 398 g/mol. The van der Waals surface area contributed by atoms with Gasteiger partial charge in [0.05, 0.1) is 11.3 Å². The van der Waals surface area contributed by atoms with Crippen molar-refractivity contribution in [1.82, 2.24) is 15.0 Å². The number of hydrogen-bond donors (Lipinski definition) is 1. The molecule has 2 heterocycles. The van der Waals surface area contributed by atoms with Gasteiger partial charge in [0, 0.05) is 35.6 Å². The Balaban J connectivity index is 1.75. The monoisotopic (exact) mass is 398 g/mol. The minimum atomic E-state index is -4.40. The van der Waals surface area contributed by atoms with Gasteiger partial charge in [-0.3, -0.25) is 4.98 Å². The van der Waals surface area contributed by atoms with Gasteiger partial charge in [0.25, 0.3) is 0 Å². The summed E-state index contributed by atoms with van der Waals surface area (Å²) in [5.41, 5.74) is 0.932. The summed E-state index contributed by atoms with van der Waals surface area (Å²) in [6.07, 6.45) is 4.58. The summed E-state index contributed by atoms with van der Waals surface area (Å²) >= 11 is 0. The molecule has 3 aromatic rings. The van der Waals surface area contributed by atoms with Crippen LogP contribution < -0.4 is 5.32 Å². The molecule has 0 spiro atoms. The highest BCUT2D eigenvalue weighted by atomic mass is 19.4. The van der Waals surface area contributed by atoms with Gasteiger partial charge in [-0.25, -0.2) is 9.97 Å². The predicted octanol–water partition coefficient (Wildman–Crippen LogP) is 5.97. The zero-order valence-corrected chi connectivity index (χ0v) is 15.8. The number of halogens is 3. The molecule has 0 atom stereocenters. The summed E-state index contributed by atoms with van der Waals surface area (Å²) in [5.74, 6) is 1.09. The number of rotatable bonds is 4. The van der Waals surface area contributed by atoms with E-state index in [0.717, 1.165) is 30.5 Å². The Bertz CT molecular complexity index is 967. The minimum absolute atomic E-state index is 0.318. The zero-order chi connectivity index (χ0) is 20.3. The predicted molar refractivity (Wildman–Crippen MR) is 106 cm³/mol. The smallest absolute Gasteiger partial charge is 0.367 e. The molecule has 150 valence electrons. The first-order chi connectivity index (χ1) is 14.0. The van der Waals surface area contributed by atoms with E-state index in [4.69, 9.17) is 0 Å². The Morgan fingerprint density at radius 3 is 2.34 bits per heavy atom. The number of hydrogen-bond acceptors (Lipinski definition) is 4. The topological polar surface area (TPSA) is 50.7 Å². The summed E-state index contributed by atoms with van der Waals surface area (Å²) in [5, 5.41) is 3.46. The summed E-state index contributed by atoms with van der Waals surface area (Å²) in [6.45, 7) is 0. The molecule has 1 aromatic carbocycles. The van der Waals surface area contributed by atoms with E-state index in [2.05, 4.69) is 20.3 Å². The molecule has 4 rings (SSSR count). The highest BCUT2D eigenvalue weighted by Crippen LogP contribution is 2.33. The van der Waals surface area contributed by atoms with Crippen LogP contribution >= 0.6 is 0 Å². The number of benzene rings is 1. The molecule has 0 saturated heterocycles.